The zero-order valence-corrected chi connectivity index (χ0v) is 11.3. The first-order valence-corrected chi connectivity index (χ1v) is 6.62. The molecule has 1 aliphatic carbocycles. The Morgan fingerprint density at radius 1 is 1.42 bits per heavy atom. The van der Waals surface area contributed by atoms with Crippen molar-refractivity contribution in [1.29, 1.82) is 0 Å². The van der Waals surface area contributed by atoms with Crippen LogP contribution in [0.5, 0.6) is 5.75 Å². The second-order valence-corrected chi connectivity index (χ2v) is 4.89. The number of benzene rings is 1. The number of Topliss-reactive ketones (excluding diaryl/α,β-unsaturated/α-hetero) is 1. The summed E-state index contributed by atoms with van der Waals surface area (Å²) in [5.41, 5.74) is 0.415. The smallest absolute Gasteiger partial charge is 0.165 e. The van der Waals surface area contributed by atoms with Crippen LogP contribution in [0.2, 0.25) is 0 Å². The Balaban J connectivity index is 1.89. The maximum absolute atomic E-state index is 13.5. The van der Waals surface area contributed by atoms with Crippen LogP contribution in [0.25, 0.3) is 0 Å². The molecule has 0 aromatic heterocycles. The quantitative estimate of drug-likeness (QED) is 0.742. The average molecular weight is 266 g/mol. The van der Waals surface area contributed by atoms with Gasteiger partial charge in [-0.15, -0.1) is 0 Å². The summed E-state index contributed by atoms with van der Waals surface area (Å²) in [4.78, 5) is 12.0. The van der Waals surface area contributed by atoms with Gasteiger partial charge in [0.25, 0.3) is 0 Å². The van der Waals surface area contributed by atoms with Crippen LogP contribution in [0, 0.1) is 11.7 Å². The molecule has 0 unspecified atom stereocenters. The minimum atomic E-state index is -0.492. The predicted molar refractivity (Wildman–Crippen MR) is 70.0 cm³/mol. The number of ketones is 1. The van der Waals surface area contributed by atoms with Gasteiger partial charge in [0, 0.05) is 18.6 Å². The van der Waals surface area contributed by atoms with Gasteiger partial charge in [-0.25, -0.2) is 4.39 Å². The largest absolute Gasteiger partial charge is 0.494 e. The first-order valence-electron chi connectivity index (χ1n) is 6.62. The third-order valence-corrected chi connectivity index (χ3v) is 3.54. The Bertz CT molecular complexity index is 453. The van der Waals surface area contributed by atoms with Gasteiger partial charge in [-0.1, -0.05) is 0 Å². The Kier molecular flexibility index (Phi) is 4.53. The summed E-state index contributed by atoms with van der Waals surface area (Å²) >= 11 is 0. The minimum Gasteiger partial charge on any atom is -0.494 e. The van der Waals surface area contributed by atoms with Crippen molar-refractivity contribution in [2.24, 2.45) is 5.92 Å². The number of halogens is 1. The van der Waals surface area contributed by atoms with Gasteiger partial charge in [-0.05, 0) is 43.9 Å². The summed E-state index contributed by atoms with van der Waals surface area (Å²) in [5, 5.41) is 0. The highest BCUT2D eigenvalue weighted by Crippen LogP contribution is 2.33. The fraction of sp³-hybridized carbons (Fsp3) is 0.533. The van der Waals surface area contributed by atoms with Crippen LogP contribution in [0.3, 0.4) is 0 Å². The topological polar surface area (TPSA) is 35.5 Å². The van der Waals surface area contributed by atoms with Crippen molar-refractivity contribution in [3.8, 4) is 5.75 Å². The van der Waals surface area contributed by atoms with Crippen molar-refractivity contribution in [2.45, 2.75) is 32.3 Å². The summed E-state index contributed by atoms with van der Waals surface area (Å²) in [6, 6.07) is 4.36. The molecule has 1 aromatic rings. The average Bonchev–Trinajstić information content (AvgIpc) is 2.36. The van der Waals surface area contributed by atoms with Crippen LogP contribution in [-0.4, -0.2) is 25.6 Å². The summed E-state index contributed by atoms with van der Waals surface area (Å²) in [5.74, 6) is 0.0291. The number of hydrogen-bond acceptors (Lipinski definition) is 3. The molecule has 0 radical (unpaired) electrons. The highest BCUT2D eigenvalue weighted by Gasteiger charge is 2.31. The number of rotatable bonds is 6. The van der Waals surface area contributed by atoms with Gasteiger partial charge in [0.1, 0.15) is 0 Å². The molecule has 2 rings (SSSR count). The summed E-state index contributed by atoms with van der Waals surface area (Å²) in [6.07, 6.45) is 2.63. The molecule has 0 amide bonds. The van der Waals surface area contributed by atoms with Crippen molar-refractivity contribution in [3.05, 3.63) is 29.6 Å². The van der Waals surface area contributed by atoms with Gasteiger partial charge < -0.3 is 9.47 Å². The number of ether oxygens (including phenoxy) is 2. The molecule has 0 N–H and O–H groups in total. The predicted octanol–water partition coefficient (Wildman–Crippen LogP) is 3.22. The summed E-state index contributed by atoms with van der Waals surface area (Å²) < 4.78 is 23.8. The third-order valence-electron chi connectivity index (χ3n) is 3.54. The molecule has 1 aromatic carbocycles. The molecule has 3 nitrogen and oxygen atoms in total. The van der Waals surface area contributed by atoms with Gasteiger partial charge in [-0.3, -0.25) is 4.79 Å². The fourth-order valence-corrected chi connectivity index (χ4v) is 2.43. The molecule has 104 valence electrons. The number of carbonyl (C=O) groups is 1. The van der Waals surface area contributed by atoms with E-state index < -0.39 is 5.82 Å². The third kappa shape index (κ3) is 3.32. The van der Waals surface area contributed by atoms with Gasteiger partial charge >= 0.3 is 0 Å². The summed E-state index contributed by atoms with van der Waals surface area (Å²) in [6.45, 7) is 2.69. The molecule has 0 saturated heterocycles. The van der Waals surface area contributed by atoms with E-state index in [1.54, 1.807) is 6.07 Å². The normalized spacial score (nSPS) is 21.8. The van der Waals surface area contributed by atoms with E-state index in [9.17, 15) is 9.18 Å². The van der Waals surface area contributed by atoms with Crippen molar-refractivity contribution in [3.63, 3.8) is 0 Å². The monoisotopic (exact) mass is 266 g/mol. The molecule has 0 bridgehead atoms. The van der Waals surface area contributed by atoms with Crippen LogP contribution in [-0.2, 0) is 4.74 Å². The van der Waals surface area contributed by atoms with E-state index in [1.807, 2.05) is 6.92 Å². The molecule has 1 fully saturated rings. The van der Waals surface area contributed by atoms with E-state index in [1.165, 1.54) is 19.2 Å². The van der Waals surface area contributed by atoms with Crippen LogP contribution >= 0.6 is 0 Å². The molecule has 1 saturated carbocycles. The fourth-order valence-electron chi connectivity index (χ4n) is 2.43. The molecular weight excluding hydrogens is 247 g/mol. The van der Waals surface area contributed by atoms with Crippen molar-refractivity contribution < 1.29 is 18.7 Å². The van der Waals surface area contributed by atoms with Crippen molar-refractivity contribution in [2.75, 3.05) is 13.7 Å². The first kappa shape index (κ1) is 14.0. The van der Waals surface area contributed by atoms with E-state index in [-0.39, 0.29) is 11.5 Å². The van der Waals surface area contributed by atoms with Crippen molar-refractivity contribution >= 4 is 5.78 Å². The molecule has 0 aliphatic heterocycles. The number of methoxy groups -OCH3 is 1. The lowest BCUT2D eigenvalue weighted by Crippen LogP contribution is -2.32. The van der Waals surface area contributed by atoms with Gasteiger partial charge in [0.2, 0.25) is 0 Å². The highest BCUT2D eigenvalue weighted by atomic mass is 19.1. The van der Waals surface area contributed by atoms with Gasteiger partial charge in [-0.2, -0.15) is 0 Å². The lowest BCUT2D eigenvalue weighted by atomic mass is 9.78. The van der Waals surface area contributed by atoms with Crippen LogP contribution in [0.1, 0.15) is 36.5 Å². The molecule has 0 spiro atoms. The second-order valence-electron chi connectivity index (χ2n) is 4.89. The SMILES string of the molecule is CCOC1CC(CC(=O)c2ccc(OC)c(F)c2)C1. The molecule has 0 atom stereocenters. The highest BCUT2D eigenvalue weighted by molar-refractivity contribution is 5.96. The maximum atomic E-state index is 13.5. The van der Waals surface area contributed by atoms with E-state index in [0.29, 0.717) is 24.0 Å². The molecular formula is C15H19FO3. The Morgan fingerprint density at radius 2 is 2.16 bits per heavy atom. The molecule has 1 aliphatic rings. The zero-order chi connectivity index (χ0) is 13.8. The maximum Gasteiger partial charge on any atom is 0.165 e. The Hall–Kier alpha value is -1.42. The molecule has 19 heavy (non-hydrogen) atoms. The zero-order valence-electron chi connectivity index (χ0n) is 11.3. The van der Waals surface area contributed by atoms with E-state index >= 15 is 0 Å². The standard InChI is InChI=1S/C15H19FO3/c1-3-19-12-6-10(7-12)8-14(17)11-4-5-15(18-2)13(16)9-11/h4-5,9-10,12H,3,6-8H2,1-2H3. The Morgan fingerprint density at radius 3 is 2.74 bits per heavy atom. The van der Waals surface area contributed by atoms with Gasteiger partial charge in [0.05, 0.1) is 13.2 Å². The van der Waals surface area contributed by atoms with E-state index in [0.717, 1.165) is 19.4 Å². The summed E-state index contributed by atoms with van der Waals surface area (Å²) in [7, 11) is 1.40. The number of hydrogen-bond donors (Lipinski definition) is 0. The van der Waals surface area contributed by atoms with E-state index in [2.05, 4.69) is 0 Å². The lowest BCUT2D eigenvalue weighted by Gasteiger charge is -2.34. The van der Waals surface area contributed by atoms with Crippen molar-refractivity contribution in [1.82, 2.24) is 0 Å². The number of carbonyl (C=O) groups excluding carboxylic acids is 1. The lowest BCUT2D eigenvalue weighted by molar-refractivity contribution is -0.0246. The van der Waals surface area contributed by atoms with E-state index in [4.69, 9.17) is 9.47 Å². The first-order chi connectivity index (χ1) is 9.13. The second kappa shape index (κ2) is 6.15. The molecule has 4 heteroatoms. The Labute approximate surface area is 112 Å². The van der Waals surface area contributed by atoms with Gasteiger partial charge in [0.15, 0.2) is 17.3 Å². The van der Waals surface area contributed by atoms with Crippen LogP contribution in [0.15, 0.2) is 18.2 Å². The molecule has 0 heterocycles. The van der Waals surface area contributed by atoms with Crippen LogP contribution in [0.4, 0.5) is 4.39 Å². The minimum absolute atomic E-state index is 0.0125. The van der Waals surface area contributed by atoms with Crippen LogP contribution < -0.4 is 4.74 Å².